The van der Waals surface area contributed by atoms with Gasteiger partial charge in [0.1, 0.15) is 5.75 Å². The number of hydrogen-bond acceptors (Lipinski definition) is 6. The Bertz CT molecular complexity index is 886. The molecule has 2 aromatic rings. The Morgan fingerprint density at radius 1 is 1.38 bits per heavy atom. The first-order chi connectivity index (χ1) is 12.3. The number of carbonyl (C=O) groups excluding carboxylic acids is 1. The van der Waals surface area contributed by atoms with Gasteiger partial charge in [-0.2, -0.15) is 5.10 Å². The van der Waals surface area contributed by atoms with Gasteiger partial charge in [0.25, 0.3) is 5.91 Å². The molecule has 2 rings (SSSR count). The Hall–Kier alpha value is -2.46. The summed E-state index contributed by atoms with van der Waals surface area (Å²) < 4.78 is 6.37. The van der Waals surface area contributed by atoms with E-state index >= 15 is 0 Å². The zero-order chi connectivity index (χ0) is 19.3. The second kappa shape index (κ2) is 8.77. The number of nitro groups is 1. The Morgan fingerprint density at radius 3 is 2.81 bits per heavy atom. The van der Waals surface area contributed by atoms with E-state index in [1.54, 1.807) is 25.1 Å². The molecule has 0 radical (unpaired) electrons. The number of nitrogens with one attached hydrogen (secondary N) is 1. The number of aryl methyl sites for hydroxylation is 1. The number of nitro benzene ring substituents is 1. The molecule has 26 heavy (non-hydrogen) atoms. The molecule has 0 aromatic heterocycles. The molecular weight excluding hydrogens is 474 g/mol. The molecule has 8 nitrogen and oxygen atoms in total. The highest BCUT2D eigenvalue weighted by Crippen LogP contribution is 2.30. The van der Waals surface area contributed by atoms with Crippen molar-refractivity contribution in [3.63, 3.8) is 0 Å². The highest BCUT2D eigenvalue weighted by molar-refractivity contribution is 9.11. The first kappa shape index (κ1) is 19.9. The molecule has 0 spiro atoms. The topological polar surface area (TPSA) is 114 Å². The van der Waals surface area contributed by atoms with Crippen molar-refractivity contribution in [3.8, 4) is 11.5 Å². The van der Waals surface area contributed by atoms with Crippen LogP contribution in [0.15, 0.2) is 44.4 Å². The minimum atomic E-state index is -0.607. The van der Waals surface area contributed by atoms with E-state index in [4.69, 9.17) is 4.74 Å². The van der Waals surface area contributed by atoms with Crippen LogP contribution in [0.2, 0.25) is 0 Å². The molecule has 1 amide bonds. The van der Waals surface area contributed by atoms with Gasteiger partial charge in [0, 0.05) is 16.1 Å². The van der Waals surface area contributed by atoms with Crippen LogP contribution in [-0.2, 0) is 4.79 Å². The summed E-state index contributed by atoms with van der Waals surface area (Å²) in [5.74, 6) is -0.643. The van der Waals surface area contributed by atoms with Crippen LogP contribution in [0.25, 0.3) is 0 Å². The van der Waals surface area contributed by atoms with Crippen LogP contribution in [0.1, 0.15) is 11.1 Å². The first-order valence-electron chi connectivity index (χ1n) is 7.15. The third-order valence-corrected chi connectivity index (χ3v) is 4.18. The molecule has 0 unspecified atom stereocenters. The molecule has 0 aliphatic heterocycles. The number of hydrazone groups is 1. The van der Waals surface area contributed by atoms with E-state index < -0.39 is 17.4 Å². The predicted molar refractivity (Wildman–Crippen MR) is 103 cm³/mol. The zero-order valence-corrected chi connectivity index (χ0v) is 16.6. The number of phenolic OH excluding ortho intramolecular Hbond substituents is 1. The molecule has 0 saturated heterocycles. The fourth-order valence-corrected chi connectivity index (χ4v) is 3.18. The number of nitrogens with zero attached hydrogens (tertiary/aromatic N) is 2. The fraction of sp³-hybridized carbons (Fsp3) is 0.125. The van der Waals surface area contributed by atoms with Crippen molar-refractivity contribution in [3.05, 3.63) is 60.5 Å². The summed E-state index contributed by atoms with van der Waals surface area (Å²) in [4.78, 5) is 22.2. The van der Waals surface area contributed by atoms with Gasteiger partial charge in [-0.05, 0) is 46.6 Å². The maximum absolute atomic E-state index is 11.8. The number of halogens is 2. The van der Waals surface area contributed by atoms with Crippen LogP contribution >= 0.6 is 31.9 Å². The van der Waals surface area contributed by atoms with E-state index in [2.05, 4.69) is 42.4 Å². The SMILES string of the molecule is Cc1ccc(OCC(=O)N/N=C/c2cc(Br)cc(Br)c2O)c([N+](=O)[O-])c1. The van der Waals surface area contributed by atoms with Crippen LogP contribution in [0.3, 0.4) is 0 Å². The van der Waals surface area contributed by atoms with Crippen molar-refractivity contribution < 1.29 is 19.6 Å². The van der Waals surface area contributed by atoms with Crippen molar-refractivity contribution in [1.82, 2.24) is 5.43 Å². The molecule has 0 saturated carbocycles. The molecule has 2 aromatic carbocycles. The summed E-state index contributed by atoms with van der Waals surface area (Å²) in [7, 11) is 0. The van der Waals surface area contributed by atoms with Gasteiger partial charge in [0.2, 0.25) is 0 Å². The Morgan fingerprint density at radius 2 is 2.12 bits per heavy atom. The van der Waals surface area contributed by atoms with E-state index in [0.717, 1.165) is 0 Å². The smallest absolute Gasteiger partial charge is 0.311 e. The molecule has 0 heterocycles. The third kappa shape index (κ3) is 5.27. The van der Waals surface area contributed by atoms with Crippen LogP contribution in [0, 0.1) is 17.0 Å². The maximum atomic E-state index is 11.8. The summed E-state index contributed by atoms with van der Waals surface area (Å²) in [6.45, 7) is 1.27. The van der Waals surface area contributed by atoms with Crippen LogP contribution in [0.5, 0.6) is 11.5 Å². The minimum absolute atomic E-state index is 0.00621. The molecule has 10 heteroatoms. The number of aromatic hydroxyl groups is 1. The van der Waals surface area contributed by atoms with Gasteiger partial charge in [-0.25, -0.2) is 5.43 Å². The molecule has 0 atom stereocenters. The fourth-order valence-electron chi connectivity index (χ4n) is 1.93. The van der Waals surface area contributed by atoms with Gasteiger partial charge in [-0.3, -0.25) is 14.9 Å². The summed E-state index contributed by atoms with van der Waals surface area (Å²) in [5.41, 5.74) is 3.09. The normalized spacial score (nSPS) is 10.7. The predicted octanol–water partition coefficient (Wildman–Crippen LogP) is 3.66. The van der Waals surface area contributed by atoms with E-state index in [0.29, 0.717) is 20.1 Å². The molecule has 0 aliphatic carbocycles. The van der Waals surface area contributed by atoms with Gasteiger partial charge in [0.05, 0.1) is 15.6 Å². The number of carbonyl (C=O) groups is 1. The number of amides is 1. The first-order valence-corrected chi connectivity index (χ1v) is 8.74. The second-order valence-corrected chi connectivity index (χ2v) is 6.91. The molecule has 2 N–H and O–H groups in total. The van der Waals surface area contributed by atoms with Gasteiger partial charge in [0.15, 0.2) is 12.4 Å². The average Bonchev–Trinajstić information content (AvgIpc) is 2.57. The van der Waals surface area contributed by atoms with E-state index in [9.17, 15) is 20.0 Å². The van der Waals surface area contributed by atoms with E-state index in [1.165, 1.54) is 18.3 Å². The number of ether oxygens (including phenoxy) is 1. The molecule has 0 bridgehead atoms. The van der Waals surface area contributed by atoms with Gasteiger partial charge in [-0.15, -0.1) is 0 Å². The number of rotatable bonds is 6. The highest BCUT2D eigenvalue weighted by Gasteiger charge is 2.16. The van der Waals surface area contributed by atoms with Gasteiger partial charge < -0.3 is 9.84 Å². The Labute approximate surface area is 165 Å². The van der Waals surface area contributed by atoms with Crippen LogP contribution in [-0.4, -0.2) is 28.8 Å². The molecule has 136 valence electrons. The summed E-state index contributed by atoms with van der Waals surface area (Å²) in [6.07, 6.45) is 1.26. The minimum Gasteiger partial charge on any atom is -0.506 e. The summed E-state index contributed by atoms with van der Waals surface area (Å²) in [6, 6.07) is 7.71. The highest BCUT2D eigenvalue weighted by atomic mass is 79.9. The Balaban J connectivity index is 1.97. The lowest BCUT2D eigenvalue weighted by Gasteiger charge is -2.06. The zero-order valence-electron chi connectivity index (χ0n) is 13.4. The van der Waals surface area contributed by atoms with Crippen molar-refractivity contribution in [1.29, 1.82) is 0 Å². The van der Waals surface area contributed by atoms with Crippen molar-refractivity contribution in [2.45, 2.75) is 6.92 Å². The lowest BCUT2D eigenvalue weighted by Crippen LogP contribution is -2.24. The third-order valence-electron chi connectivity index (χ3n) is 3.12. The monoisotopic (exact) mass is 485 g/mol. The Kier molecular flexibility index (Phi) is 6.70. The lowest BCUT2D eigenvalue weighted by atomic mass is 10.2. The average molecular weight is 487 g/mol. The maximum Gasteiger partial charge on any atom is 0.311 e. The van der Waals surface area contributed by atoms with E-state index in [-0.39, 0.29) is 17.2 Å². The number of phenols is 1. The van der Waals surface area contributed by atoms with Crippen molar-refractivity contribution in [2.24, 2.45) is 5.10 Å². The van der Waals surface area contributed by atoms with Gasteiger partial charge in [-0.1, -0.05) is 22.0 Å². The van der Waals surface area contributed by atoms with Crippen molar-refractivity contribution in [2.75, 3.05) is 6.61 Å². The second-order valence-electron chi connectivity index (χ2n) is 5.14. The summed E-state index contributed by atoms with van der Waals surface area (Å²) >= 11 is 6.46. The van der Waals surface area contributed by atoms with Crippen LogP contribution < -0.4 is 10.2 Å². The molecule has 0 fully saturated rings. The van der Waals surface area contributed by atoms with E-state index in [1.807, 2.05) is 0 Å². The van der Waals surface area contributed by atoms with Crippen LogP contribution in [0.4, 0.5) is 5.69 Å². The standard InChI is InChI=1S/C16H13Br2N3O5/c1-9-2-3-14(13(4-9)21(24)25)26-8-15(22)20-19-7-10-5-11(17)6-12(18)16(10)23/h2-7,23H,8H2,1H3,(H,20,22)/b19-7+. The number of hydrogen-bond donors (Lipinski definition) is 2. The lowest BCUT2D eigenvalue weighted by molar-refractivity contribution is -0.385. The molecular formula is C16H13Br2N3O5. The quantitative estimate of drug-likeness (QED) is 0.367. The molecule has 0 aliphatic rings. The van der Waals surface area contributed by atoms with Crippen molar-refractivity contribution >= 4 is 49.7 Å². The number of benzene rings is 2. The summed E-state index contributed by atoms with van der Waals surface area (Å²) in [5, 5.41) is 24.6. The largest absolute Gasteiger partial charge is 0.506 e. The van der Waals surface area contributed by atoms with Gasteiger partial charge >= 0.3 is 5.69 Å².